The molecular weight excluding hydrogens is 263 g/mol. The molecule has 1 aromatic heterocycles. The Hall–Kier alpha value is -1.35. The summed E-state index contributed by atoms with van der Waals surface area (Å²) in [6.07, 6.45) is 8.09. The molecule has 0 saturated heterocycles. The van der Waals surface area contributed by atoms with E-state index in [9.17, 15) is 4.39 Å². The number of aromatic nitrogens is 1. The van der Waals surface area contributed by atoms with Crippen LogP contribution in [0.3, 0.4) is 0 Å². The second-order valence-corrected chi connectivity index (χ2v) is 6.76. The molecule has 1 fully saturated rings. The van der Waals surface area contributed by atoms with Crippen molar-refractivity contribution in [2.45, 2.75) is 45.1 Å². The Labute approximate surface area is 125 Å². The SMILES string of the molecule is Fc1ccc2[nH]c3c(c2c1)CN(CC1CCCCC1)CC3. The minimum Gasteiger partial charge on any atom is -0.358 e. The molecule has 0 amide bonds. The highest BCUT2D eigenvalue weighted by Gasteiger charge is 2.23. The lowest BCUT2D eigenvalue weighted by Gasteiger charge is -2.32. The first-order valence-electron chi connectivity index (χ1n) is 8.31. The van der Waals surface area contributed by atoms with Crippen LogP contribution in [0.15, 0.2) is 18.2 Å². The lowest BCUT2D eigenvalue weighted by molar-refractivity contribution is 0.187. The molecule has 2 heterocycles. The Morgan fingerprint density at radius 2 is 2.05 bits per heavy atom. The molecule has 0 spiro atoms. The van der Waals surface area contributed by atoms with Gasteiger partial charge in [-0.15, -0.1) is 0 Å². The van der Waals surface area contributed by atoms with E-state index in [2.05, 4.69) is 9.88 Å². The van der Waals surface area contributed by atoms with Crippen LogP contribution in [0.2, 0.25) is 0 Å². The molecule has 2 aromatic rings. The second kappa shape index (κ2) is 5.45. The number of H-pyrrole nitrogens is 1. The average molecular weight is 286 g/mol. The molecule has 2 aliphatic rings. The van der Waals surface area contributed by atoms with Gasteiger partial charge in [0.2, 0.25) is 0 Å². The van der Waals surface area contributed by atoms with Crippen LogP contribution < -0.4 is 0 Å². The largest absolute Gasteiger partial charge is 0.358 e. The Morgan fingerprint density at radius 3 is 2.90 bits per heavy atom. The van der Waals surface area contributed by atoms with Gasteiger partial charge in [-0.2, -0.15) is 0 Å². The summed E-state index contributed by atoms with van der Waals surface area (Å²) in [5.41, 5.74) is 3.72. The van der Waals surface area contributed by atoms with Gasteiger partial charge < -0.3 is 4.98 Å². The Balaban J connectivity index is 1.55. The summed E-state index contributed by atoms with van der Waals surface area (Å²) in [4.78, 5) is 6.05. The van der Waals surface area contributed by atoms with Crippen LogP contribution in [0, 0.1) is 11.7 Å². The number of hydrogen-bond donors (Lipinski definition) is 1. The smallest absolute Gasteiger partial charge is 0.123 e. The minimum atomic E-state index is -0.131. The van der Waals surface area contributed by atoms with E-state index in [-0.39, 0.29) is 5.82 Å². The molecule has 0 atom stereocenters. The number of hydrogen-bond acceptors (Lipinski definition) is 1. The second-order valence-electron chi connectivity index (χ2n) is 6.76. The van der Waals surface area contributed by atoms with Crippen LogP contribution in [0.1, 0.15) is 43.4 Å². The molecule has 0 unspecified atom stereocenters. The van der Waals surface area contributed by atoms with Gasteiger partial charge in [-0.25, -0.2) is 4.39 Å². The molecule has 0 radical (unpaired) electrons. The van der Waals surface area contributed by atoms with Crippen molar-refractivity contribution in [3.8, 4) is 0 Å². The first kappa shape index (κ1) is 13.3. The number of rotatable bonds is 2. The zero-order valence-electron chi connectivity index (χ0n) is 12.5. The van der Waals surface area contributed by atoms with Crippen LogP contribution in [0.4, 0.5) is 4.39 Å². The van der Waals surface area contributed by atoms with Crippen LogP contribution in [0.5, 0.6) is 0 Å². The molecule has 3 heteroatoms. The topological polar surface area (TPSA) is 19.0 Å². The molecule has 21 heavy (non-hydrogen) atoms. The zero-order chi connectivity index (χ0) is 14.2. The summed E-state index contributed by atoms with van der Waals surface area (Å²) in [7, 11) is 0. The summed E-state index contributed by atoms with van der Waals surface area (Å²) in [6.45, 7) is 3.34. The van der Waals surface area contributed by atoms with Gasteiger partial charge in [0, 0.05) is 42.7 Å². The highest BCUT2D eigenvalue weighted by molar-refractivity contribution is 5.84. The number of nitrogens with zero attached hydrogens (tertiary/aromatic N) is 1. The van der Waals surface area contributed by atoms with E-state index in [4.69, 9.17) is 0 Å². The predicted molar refractivity (Wildman–Crippen MR) is 83.8 cm³/mol. The van der Waals surface area contributed by atoms with Crippen molar-refractivity contribution >= 4 is 10.9 Å². The van der Waals surface area contributed by atoms with E-state index in [0.29, 0.717) is 0 Å². The highest BCUT2D eigenvalue weighted by atomic mass is 19.1. The fourth-order valence-corrected chi connectivity index (χ4v) is 4.13. The first-order chi connectivity index (χ1) is 10.3. The maximum atomic E-state index is 13.5. The van der Waals surface area contributed by atoms with Crippen molar-refractivity contribution in [1.29, 1.82) is 0 Å². The van der Waals surface area contributed by atoms with Gasteiger partial charge in [0.1, 0.15) is 5.82 Å². The molecule has 1 N–H and O–H groups in total. The molecule has 112 valence electrons. The predicted octanol–water partition coefficient (Wildman–Crippen LogP) is 4.25. The highest BCUT2D eigenvalue weighted by Crippen LogP contribution is 2.30. The summed E-state index contributed by atoms with van der Waals surface area (Å²) >= 11 is 0. The summed E-state index contributed by atoms with van der Waals surface area (Å²) in [5, 5.41) is 1.08. The number of aromatic amines is 1. The van der Waals surface area contributed by atoms with E-state index in [1.807, 2.05) is 6.07 Å². The molecule has 1 aromatic carbocycles. The third kappa shape index (κ3) is 2.59. The first-order valence-corrected chi connectivity index (χ1v) is 8.31. The van der Waals surface area contributed by atoms with Crippen LogP contribution >= 0.6 is 0 Å². The van der Waals surface area contributed by atoms with Gasteiger partial charge >= 0.3 is 0 Å². The van der Waals surface area contributed by atoms with Gasteiger partial charge in [-0.3, -0.25) is 4.90 Å². The molecule has 4 rings (SSSR count). The standard InChI is InChI=1S/C18H23FN2/c19-14-6-7-17-15(10-14)16-12-21(9-8-18(16)20-17)11-13-4-2-1-3-5-13/h6-7,10,13,20H,1-5,8-9,11-12H2. The summed E-state index contributed by atoms with van der Waals surface area (Å²) in [6, 6.07) is 5.10. The molecule has 1 aliphatic carbocycles. The third-order valence-corrected chi connectivity index (χ3v) is 5.26. The Kier molecular flexibility index (Phi) is 3.46. The molecular formula is C18H23FN2. The normalized spacial score (nSPS) is 20.8. The van der Waals surface area contributed by atoms with Gasteiger partial charge in [0.15, 0.2) is 0 Å². The molecule has 1 saturated carbocycles. The van der Waals surface area contributed by atoms with Crippen molar-refractivity contribution in [2.75, 3.05) is 13.1 Å². The lowest BCUT2D eigenvalue weighted by Crippen LogP contribution is -2.35. The van der Waals surface area contributed by atoms with Crippen molar-refractivity contribution in [3.05, 3.63) is 35.3 Å². The summed E-state index contributed by atoms with van der Waals surface area (Å²) in [5.74, 6) is 0.746. The minimum absolute atomic E-state index is 0.131. The molecule has 2 nitrogen and oxygen atoms in total. The van der Waals surface area contributed by atoms with Gasteiger partial charge in [-0.1, -0.05) is 19.3 Å². The Morgan fingerprint density at radius 1 is 1.19 bits per heavy atom. The fourth-order valence-electron chi connectivity index (χ4n) is 4.13. The molecule has 0 bridgehead atoms. The van der Waals surface area contributed by atoms with E-state index < -0.39 is 0 Å². The maximum absolute atomic E-state index is 13.5. The zero-order valence-corrected chi connectivity index (χ0v) is 12.5. The van der Waals surface area contributed by atoms with Crippen molar-refractivity contribution in [2.24, 2.45) is 5.92 Å². The van der Waals surface area contributed by atoms with Crippen molar-refractivity contribution < 1.29 is 4.39 Å². The average Bonchev–Trinajstić information content (AvgIpc) is 2.86. The number of benzene rings is 1. The van der Waals surface area contributed by atoms with Crippen molar-refractivity contribution in [1.82, 2.24) is 9.88 Å². The number of fused-ring (bicyclic) bond motifs is 3. The van der Waals surface area contributed by atoms with E-state index in [0.717, 1.165) is 36.3 Å². The van der Waals surface area contributed by atoms with E-state index in [1.165, 1.54) is 49.9 Å². The number of halogens is 1. The Bertz CT molecular complexity index is 640. The molecule has 1 aliphatic heterocycles. The van der Waals surface area contributed by atoms with Gasteiger partial charge in [-0.05, 0) is 42.5 Å². The lowest BCUT2D eigenvalue weighted by atomic mass is 9.88. The fraction of sp³-hybridized carbons (Fsp3) is 0.556. The number of nitrogens with one attached hydrogen (secondary N) is 1. The van der Waals surface area contributed by atoms with E-state index in [1.54, 1.807) is 12.1 Å². The van der Waals surface area contributed by atoms with Crippen LogP contribution in [-0.2, 0) is 13.0 Å². The van der Waals surface area contributed by atoms with Crippen molar-refractivity contribution in [3.63, 3.8) is 0 Å². The quantitative estimate of drug-likeness (QED) is 0.874. The third-order valence-electron chi connectivity index (χ3n) is 5.26. The summed E-state index contributed by atoms with van der Waals surface area (Å²) < 4.78 is 13.5. The van der Waals surface area contributed by atoms with Crippen LogP contribution in [0.25, 0.3) is 10.9 Å². The monoisotopic (exact) mass is 286 g/mol. The van der Waals surface area contributed by atoms with E-state index >= 15 is 0 Å². The van der Waals surface area contributed by atoms with Crippen LogP contribution in [-0.4, -0.2) is 23.0 Å². The van der Waals surface area contributed by atoms with Gasteiger partial charge in [0.05, 0.1) is 0 Å². The maximum Gasteiger partial charge on any atom is 0.123 e. The van der Waals surface area contributed by atoms with Gasteiger partial charge in [0.25, 0.3) is 0 Å².